The Balaban J connectivity index is 2.17. The number of aliphatic imine (C=N–C) groups is 1. The van der Waals surface area contributed by atoms with Crippen LogP contribution < -0.4 is 5.73 Å². The van der Waals surface area contributed by atoms with E-state index in [4.69, 9.17) is 5.73 Å². The molecule has 1 aliphatic carbocycles. The zero-order valence-corrected chi connectivity index (χ0v) is 12.5. The smallest absolute Gasteiger partial charge is 0.191 e. The van der Waals surface area contributed by atoms with E-state index >= 15 is 0 Å². The summed E-state index contributed by atoms with van der Waals surface area (Å²) in [6, 6.07) is 0. The lowest BCUT2D eigenvalue weighted by atomic mass is 9.85. The van der Waals surface area contributed by atoms with Gasteiger partial charge in [-0.25, -0.2) is 0 Å². The Labute approximate surface area is 111 Å². The highest BCUT2D eigenvalue weighted by Gasteiger charge is 2.54. The van der Waals surface area contributed by atoms with Crippen LogP contribution in [-0.2, 0) is 0 Å². The molecule has 0 radical (unpaired) electrons. The van der Waals surface area contributed by atoms with E-state index in [1.165, 1.54) is 12.8 Å². The largest absolute Gasteiger partial charge is 0.370 e. The predicted octanol–water partition coefficient (Wildman–Crippen LogP) is 1.37. The van der Waals surface area contributed by atoms with E-state index in [9.17, 15) is 0 Å². The van der Waals surface area contributed by atoms with E-state index in [1.807, 2.05) is 0 Å². The molecule has 4 nitrogen and oxygen atoms in total. The van der Waals surface area contributed by atoms with E-state index < -0.39 is 0 Å². The van der Waals surface area contributed by atoms with E-state index in [-0.39, 0.29) is 5.54 Å². The maximum atomic E-state index is 6.13. The van der Waals surface area contributed by atoms with Gasteiger partial charge in [0, 0.05) is 13.1 Å². The molecule has 0 aromatic rings. The summed E-state index contributed by atoms with van der Waals surface area (Å²) in [5.74, 6) is 1.42. The van der Waals surface area contributed by atoms with Gasteiger partial charge in [0.1, 0.15) is 0 Å². The van der Waals surface area contributed by atoms with Crippen molar-refractivity contribution in [3.05, 3.63) is 0 Å². The van der Waals surface area contributed by atoms with E-state index in [2.05, 4.69) is 49.7 Å². The van der Waals surface area contributed by atoms with Gasteiger partial charge in [0.2, 0.25) is 0 Å². The molecule has 18 heavy (non-hydrogen) atoms. The lowest BCUT2D eigenvalue weighted by Gasteiger charge is -2.40. The van der Waals surface area contributed by atoms with Crippen molar-refractivity contribution in [2.75, 3.05) is 33.7 Å². The molecule has 1 saturated carbocycles. The number of likely N-dealkylation sites (N-methyl/N-ethyl adjacent to an activating group) is 1. The van der Waals surface area contributed by atoms with Crippen LogP contribution in [0.3, 0.4) is 0 Å². The van der Waals surface area contributed by atoms with Crippen LogP contribution >= 0.6 is 0 Å². The van der Waals surface area contributed by atoms with Gasteiger partial charge in [0.05, 0.1) is 12.1 Å². The van der Waals surface area contributed by atoms with Crippen molar-refractivity contribution < 1.29 is 0 Å². The van der Waals surface area contributed by atoms with Crippen molar-refractivity contribution in [1.29, 1.82) is 0 Å². The predicted molar refractivity (Wildman–Crippen MR) is 76.7 cm³/mol. The van der Waals surface area contributed by atoms with Gasteiger partial charge in [-0.15, -0.1) is 0 Å². The second-order valence-corrected chi connectivity index (χ2v) is 7.18. The van der Waals surface area contributed by atoms with Gasteiger partial charge in [0.25, 0.3) is 0 Å². The fourth-order valence-electron chi connectivity index (χ4n) is 3.92. The molecule has 0 aromatic carbocycles. The van der Waals surface area contributed by atoms with Crippen molar-refractivity contribution >= 4 is 5.96 Å². The Bertz CT molecular complexity index is 348. The van der Waals surface area contributed by atoms with Crippen molar-refractivity contribution in [3.8, 4) is 0 Å². The summed E-state index contributed by atoms with van der Waals surface area (Å²) < 4.78 is 0. The summed E-state index contributed by atoms with van der Waals surface area (Å²) in [6.45, 7) is 10.0. The molecule has 1 fully saturated rings. The molecule has 0 saturated heterocycles. The molecule has 2 unspecified atom stereocenters. The molecule has 4 heteroatoms. The Morgan fingerprint density at radius 2 is 2.11 bits per heavy atom. The summed E-state index contributed by atoms with van der Waals surface area (Å²) >= 11 is 0. The zero-order valence-electron chi connectivity index (χ0n) is 12.5. The average molecular weight is 252 g/mol. The first-order chi connectivity index (χ1) is 8.27. The van der Waals surface area contributed by atoms with Crippen LogP contribution in [0.1, 0.15) is 33.6 Å². The van der Waals surface area contributed by atoms with Crippen LogP contribution in [0.15, 0.2) is 4.99 Å². The second kappa shape index (κ2) is 4.41. The SMILES string of the molecule is CC1CC(C)(C)CC12CN=C(N)N2CCN(C)C. The number of rotatable bonds is 3. The summed E-state index contributed by atoms with van der Waals surface area (Å²) in [6.07, 6.45) is 2.48. The van der Waals surface area contributed by atoms with Gasteiger partial charge < -0.3 is 15.5 Å². The number of hydrogen-bond acceptors (Lipinski definition) is 4. The molecule has 104 valence electrons. The number of guanidine groups is 1. The monoisotopic (exact) mass is 252 g/mol. The minimum atomic E-state index is 0.184. The van der Waals surface area contributed by atoms with Gasteiger partial charge >= 0.3 is 0 Å². The Kier molecular flexibility index (Phi) is 3.34. The Hall–Kier alpha value is -0.770. The third kappa shape index (κ3) is 2.22. The quantitative estimate of drug-likeness (QED) is 0.825. The molecule has 1 aliphatic heterocycles. The summed E-state index contributed by atoms with van der Waals surface area (Å²) in [5.41, 5.74) is 6.72. The van der Waals surface area contributed by atoms with Crippen LogP contribution in [0, 0.1) is 11.3 Å². The van der Waals surface area contributed by atoms with Crippen LogP contribution in [0.5, 0.6) is 0 Å². The first-order valence-electron chi connectivity index (χ1n) is 6.99. The highest BCUT2D eigenvalue weighted by molar-refractivity contribution is 5.81. The minimum Gasteiger partial charge on any atom is -0.370 e. The first-order valence-corrected chi connectivity index (χ1v) is 6.99. The molecule has 1 heterocycles. The number of hydrogen-bond donors (Lipinski definition) is 1. The van der Waals surface area contributed by atoms with Crippen molar-refractivity contribution in [2.45, 2.75) is 39.2 Å². The molecular formula is C14H28N4. The topological polar surface area (TPSA) is 44.9 Å². The maximum Gasteiger partial charge on any atom is 0.191 e. The van der Waals surface area contributed by atoms with Gasteiger partial charge in [-0.3, -0.25) is 4.99 Å². The molecular weight excluding hydrogens is 224 g/mol. The van der Waals surface area contributed by atoms with Gasteiger partial charge in [0.15, 0.2) is 5.96 Å². The van der Waals surface area contributed by atoms with Gasteiger partial charge in [-0.2, -0.15) is 0 Å². The van der Waals surface area contributed by atoms with E-state index in [0.717, 1.165) is 25.6 Å². The lowest BCUT2D eigenvalue weighted by molar-refractivity contribution is 0.139. The highest BCUT2D eigenvalue weighted by atomic mass is 15.4. The molecule has 1 spiro atoms. The fraction of sp³-hybridized carbons (Fsp3) is 0.929. The molecule has 2 aliphatic rings. The van der Waals surface area contributed by atoms with Crippen LogP contribution in [0.2, 0.25) is 0 Å². The van der Waals surface area contributed by atoms with Crippen LogP contribution in [-0.4, -0.2) is 55.0 Å². The maximum absolute atomic E-state index is 6.13. The van der Waals surface area contributed by atoms with Gasteiger partial charge in [-0.1, -0.05) is 20.8 Å². The second-order valence-electron chi connectivity index (χ2n) is 7.18. The molecule has 2 atom stereocenters. The Morgan fingerprint density at radius 1 is 1.44 bits per heavy atom. The summed E-state index contributed by atoms with van der Waals surface area (Å²) in [7, 11) is 4.22. The van der Waals surface area contributed by atoms with E-state index in [1.54, 1.807) is 0 Å². The standard InChI is InChI=1S/C14H28N4/c1-11-8-13(2,3)9-14(11)10-16-12(15)18(14)7-6-17(4)5/h11H,6-10H2,1-5H3,(H2,15,16). The molecule has 2 N–H and O–H groups in total. The lowest BCUT2D eigenvalue weighted by Crippen LogP contribution is -2.55. The molecule has 0 aromatic heterocycles. The van der Waals surface area contributed by atoms with Crippen LogP contribution in [0.4, 0.5) is 0 Å². The molecule has 0 amide bonds. The summed E-state index contributed by atoms with van der Waals surface area (Å²) in [4.78, 5) is 9.14. The molecule has 2 rings (SSSR count). The zero-order chi connectivity index (χ0) is 13.6. The van der Waals surface area contributed by atoms with E-state index in [0.29, 0.717) is 11.3 Å². The third-order valence-electron chi connectivity index (χ3n) is 4.66. The van der Waals surface area contributed by atoms with Crippen molar-refractivity contribution in [2.24, 2.45) is 22.1 Å². The highest BCUT2D eigenvalue weighted by Crippen LogP contribution is 2.51. The van der Waals surface area contributed by atoms with Crippen LogP contribution in [0.25, 0.3) is 0 Å². The first kappa shape index (κ1) is 13.7. The Morgan fingerprint density at radius 3 is 2.61 bits per heavy atom. The van der Waals surface area contributed by atoms with Gasteiger partial charge in [-0.05, 0) is 38.3 Å². The minimum absolute atomic E-state index is 0.184. The third-order valence-corrected chi connectivity index (χ3v) is 4.66. The number of nitrogens with zero attached hydrogens (tertiary/aromatic N) is 3. The van der Waals surface area contributed by atoms with Crippen molar-refractivity contribution in [3.63, 3.8) is 0 Å². The summed E-state index contributed by atoms with van der Waals surface area (Å²) in [5, 5.41) is 0. The average Bonchev–Trinajstić information content (AvgIpc) is 2.64. The normalized spacial score (nSPS) is 34.7. The van der Waals surface area contributed by atoms with Crippen molar-refractivity contribution in [1.82, 2.24) is 9.80 Å². The molecule has 0 bridgehead atoms. The number of nitrogens with two attached hydrogens (primary N) is 1. The fourth-order valence-corrected chi connectivity index (χ4v) is 3.92.